The lowest BCUT2D eigenvalue weighted by Crippen LogP contribution is -2.55. The normalized spacial score (nSPS) is 34.2. The third-order valence-electron chi connectivity index (χ3n) is 3.49. The van der Waals surface area contributed by atoms with Gasteiger partial charge in [-0.05, 0) is 0 Å². The average molecular weight is 357 g/mol. The first kappa shape index (κ1) is 19.3. The second kappa shape index (κ2) is 11.8. The van der Waals surface area contributed by atoms with Crippen LogP contribution in [0.1, 0.15) is 0 Å². The van der Waals surface area contributed by atoms with E-state index in [0.29, 0.717) is 24.2 Å². The van der Waals surface area contributed by atoms with Gasteiger partial charge in [0.2, 0.25) is 0 Å². The van der Waals surface area contributed by atoms with Gasteiger partial charge in [0.1, 0.15) is 0 Å². The highest BCUT2D eigenvalue weighted by Gasteiger charge is 2.17. The molecule has 120 valence electrons. The van der Waals surface area contributed by atoms with Gasteiger partial charge in [0.25, 0.3) is 0 Å². The van der Waals surface area contributed by atoms with Gasteiger partial charge < -0.3 is 21.3 Å². The average Bonchev–Trinajstić information content (AvgIpc) is 2.48. The third-order valence-corrected chi connectivity index (χ3v) is 5.26. The zero-order valence-corrected chi connectivity index (χ0v) is 15.3. The molecule has 0 aromatic carbocycles. The summed E-state index contributed by atoms with van der Waals surface area (Å²) in [5.41, 5.74) is 0. The first-order valence-corrected chi connectivity index (χ1v) is 9.63. The highest BCUT2D eigenvalue weighted by molar-refractivity contribution is 7.80. The smallest absolute Gasteiger partial charge is 0.0281 e. The Bertz CT molecular complexity index is 183. The van der Waals surface area contributed by atoms with E-state index in [1.165, 1.54) is 0 Å². The van der Waals surface area contributed by atoms with Crippen molar-refractivity contribution in [3.05, 3.63) is 0 Å². The first-order chi connectivity index (χ1) is 9.73. The molecule has 1 aliphatic rings. The van der Waals surface area contributed by atoms with Crippen molar-refractivity contribution in [3.63, 3.8) is 0 Å². The number of hydrogen-bond donors (Lipinski definition) is 8. The summed E-state index contributed by atoms with van der Waals surface area (Å²) < 4.78 is 0. The van der Waals surface area contributed by atoms with Gasteiger partial charge in [-0.25, -0.2) is 0 Å². The second-order valence-electron chi connectivity index (χ2n) is 5.15. The van der Waals surface area contributed by atoms with Crippen LogP contribution in [0, 0.1) is 0 Å². The molecule has 0 amide bonds. The minimum absolute atomic E-state index is 0.366. The lowest BCUT2D eigenvalue weighted by atomic mass is 10.2. The largest absolute Gasteiger partial charge is 0.310 e. The van der Waals surface area contributed by atoms with Crippen molar-refractivity contribution in [1.29, 1.82) is 0 Å². The Morgan fingerprint density at radius 2 is 0.700 bits per heavy atom. The summed E-state index contributed by atoms with van der Waals surface area (Å²) in [5, 5.41) is 14.2. The number of hydrogen-bond acceptors (Lipinski definition) is 8. The summed E-state index contributed by atoms with van der Waals surface area (Å²) in [6.45, 7) is 3.62. The van der Waals surface area contributed by atoms with Gasteiger partial charge in [0.05, 0.1) is 0 Å². The Morgan fingerprint density at radius 3 is 0.850 bits per heavy atom. The molecule has 0 aromatic rings. The van der Waals surface area contributed by atoms with Crippen LogP contribution >= 0.6 is 50.5 Å². The Morgan fingerprint density at radius 1 is 0.500 bits per heavy atom. The zero-order chi connectivity index (χ0) is 14.8. The summed E-state index contributed by atoms with van der Waals surface area (Å²) in [6.07, 6.45) is 0. The van der Waals surface area contributed by atoms with Crippen LogP contribution in [0.4, 0.5) is 0 Å². The molecule has 20 heavy (non-hydrogen) atoms. The molecular weight excluding hydrogens is 328 g/mol. The molecule has 0 bridgehead atoms. The molecule has 1 aliphatic heterocycles. The summed E-state index contributed by atoms with van der Waals surface area (Å²) in [6, 6.07) is 1.46. The Balaban J connectivity index is 2.58. The maximum atomic E-state index is 4.42. The van der Waals surface area contributed by atoms with Gasteiger partial charge in [0, 0.05) is 73.4 Å². The molecular formula is C12H28N4S4. The lowest BCUT2D eigenvalue weighted by Gasteiger charge is -2.29. The van der Waals surface area contributed by atoms with E-state index in [1.807, 2.05) is 0 Å². The zero-order valence-electron chi connectivity index (χ0n) is 11.8. The predicted octanol–water partition coefficient (Wildman–Crippen LogP) is -0.448. The SMILES string of the molecule is SC[C@@H]1CN[C@H](CS)CN[C@H](CS)CN[C@H](CS)CN1. The molecule has 4 nitrogen and oxygen atoms in total. The van der Waals surface area contributed by atoms with Crippen molar-refractivity contribution in [2.24, 2.45) is 0 Å². The maximum absolute atomic E-state index is 4.42. The molecule has 1 rings (SSSR count). The van der Waals surface area contributed by atoms with Crippen LogP contribution < -0.4 is 21.3 Å². The summed E-state index contributed by atoms with van der Waals surface area (Å²) in [5.74, 6) is 3.27. The van der Waals surface area contributed by atoms with Crippen LogP contribution in [-0.2, 0) is 0 Å². The first-order valence-electron chi connectivity index (χ1n) is 7.10. The quantitative estimate of drug-likeness (QED) is 0.329. The molecule has 0 aromatic heterocycles. The van der Waals surface area contributed by atoms with Gasteiger partial charge in [0.15, 0.2) is 0 Å². The van der Waals surface area contributed by atoms with E-state index in [-0.39, 0.29) is 0 Å². The molecule has 4 atom stereocenters. The highest BCUT2D eigenvalue weighted by Crippen LogP contribution is 1.97. The van der Waals surface area contributed by atoms with Crippen molar-refractivity contribution in [2.75, 3.05) is 49.2 Å². The Hall–Kier alpha value is 1.24. The van der Waals surface area contributed by atoms with E-state index >= 15 is 0 Å². The van der Waals surface area contributed by atoms with E-state index in [2.05, 4.69) is 71.8 Å². The molecule has 1 heterocycles. The third kappa shape index (κ3) is 7.49. The van der Waals surface area contributed by atoms with Crippen molar-refractivity contribution in [3.8, 4) is 0 Å². The van der Waals surface area contributed by atoms with Crippen LogP contribution in [0.3, 0.4) is 0 Å². The fourth-order valence-corrected chi connectivity index (χ4v) is 3.07. The number of rotatable bonds is 4. The molecule has 0 saturated carbocycles. The summed E-state index contributed by atoms with van der Waals surface area (Å²) in [4.78, 5) is 0. The van der Waals surface area contributed by atoms with Crippen LogP contribution in [0.2, 0.25) is 0 Å². The molecule has 1 saturated heterocycles. The van der Waals surface area contributed by atoms with Gasteiger partial charge >= 0.3 is 0 Å². The fourth-order valence-electron chi connectivity index (χ4n) is 2.04. The van der Waals surface area contributed by atoms with E-state index in [0.717, 1.165) is 49.2 Å². The summed E-state index contributed by atoms with van der Waals surface area (Å²) >= 11 is 17.7. The molecule has 0 aliphatic carbocycles. The Kier molecular flexibility index (Phi) is 11.3. The molecule has 0 spiro atoms. The predicted molar refractivity (Wildman–Crippen MR) is 103 cm³/mol. The monoisotopic (exact) mass is 356 g/mol. The minimum atomic E-state index is 0.366. The van der Waals surface area contributed by atoms with E-state index in [4.69, 9.17) is 0 Å². The van der Waals surface area contributed by atoms with Crippen LogP contribution in [0.15, 0.2) is 0 Å². The topological polar surface area (TPSA) is 48.1 Å². The van der Waals surface area contributed by atoms with Crippen molar-refractivity contribution < 1.29 is 0 Å². The van der Waals surface area contributed by atoms with Gasteiger partial charge in [-0.2, -0.15) is 50.5 Å². The minimum Gasteiger partial charge on any atom is -0.310 e. The van der Waals surface area contributed by atoms with Gasteiger partial charge in [-0.3, -0.25) is 0 Å². The standard InChI is InChI=1S/C12H28N4S4/c17-5-9-1-13-10(6-18)2-15-12(8-20)4-16-11(7-19)3-14-9/h9-20H,1-8H2/t9-,10-,11-,12-/m0/s1. The van der Waals surface area contributed by atoms with Crippen LogP contribution in [0.25, 0.3) is 0 Å². The molecule has 1 fully saturated rings. The lowest BCUT2D eigenvalue weighted by molar-refractivity contribution is 0.384. The molecule has 8 heteroatoms. The molecule has 4 N–H and O–H groups in total. The van der Waals surface area contributed by atoms with Crippen LogP contribution in [0.5, 0.6) is 0 Å². The summed E-state index contributed by atoms with van der Waals surface area (Å²) in [7, 11) is 0. The van der Waals surface area contributed by atoms with Crippen molar-refractivity contribution in [2.45, 2.75) is 24.2 Å². The molecule has 0 unspecified atom stereocenters. The van der Waals surface area contributed by atoms with E-state index < -0.39 is 0 Å². The number of nitrogens with one attached hydrogen (secondary N) is 4. The highest BCUT2D eigenvalue weighted by atomic mass is 32.1. The molecule has 0 radical (unpaired) electrons. The van der Waals surface area contributed by atoms with E-state index in [1.54, 1.807) is 0 Å². The number of thiol groups is 4. The van der Waals surface area contributed by atoms with Gasteiger partial charge in [-0.1, -0.05) is 0 Å². The van der Waals surface area contributed by atoms with Crippen molar-refractivity contribution >= 4 is 50.5 Å². The van der Waals surface area contributed by atoms with Crippen LogP contribution in [-0.4, -0.2) is 73.4 Å². The fraction of sp³-hybridized carbons (Fsp3) is 1.00. The maximum Gasteiger partial charge on any atom is 0.0281 e. The Labute approximate surface area is 145 Å². The van der Waals surface area contributed by atoms with Gasteiger partial charge in [-0.15, -0.1) is 0 Å². The second-order valence-corrected chi connectivity index (χ2v) is 6.61. The van der Waals surface area contributed by atoms with E-state index in [9.17, 15) is 0 Å². The van der Waals surface area contributed by atoms with Crippen molar-refractivity contribution in [1.82, 2.24) is 21.3 Å².